The Morgan fingerprint density at radius 3 is 2.16 bits per heavy atom. The van der Waals surface area contributed by atoms with Gasteiger partial charge in [0.1, 0.15) is 0 Å². The van der Waals surface area contributed by atoms with Crippen molar-refractivity contribution in [2.45, 2.75) is 56.2 Å². The Morgan fingerprint density at radius 1 is 1.05 bits per heavy atom. The number of amides is 1. The topological polar surface area (TPSA) is 20.3 Å². The lowest BCUT2D eigenvalue weighted by Gasteiger charge is -2.57. The number of alkyl halides is 1. The van der Waals surface area contributed by atoms with Gasteiger partial charge in [-0.25, -0.2) is 0 Å². The molecular formula is C16H24BrNO. The van der Waals surface area contributed by atoms with Gasteiger partial charge in [-0.15, -0.1) is 0 Å². The van der Waals surface area contributed by atoms with Crippen LogP contribution >= 0.6 is 15.9 Å². The molecule has 0 aromatic carbocycles. The minimum atomic E-state index is 0.0683. The summed E-state index contributed by atoms with van der Waals surface area (Å²) in [5.74, 6) is 3.15. The van der Waals surface area contributed by atoms with E-state index in [1.165, 1.54) is 51.4 Å². The Bertz CT molecular complexity index is 359. The third-order valence-corrected chi connectivity index (χ3v) is 6.89. The van der Waals surface area contributed by atoms with Crippen molar-refractivity contribution in [1.82, 2.24) is 4.90 Å². The van der Waals surface area contributed by atoms with Gasteiger partial charge in [-0.05, 0) is 69.1 Å². The van der Waals surface area contributed by atoms with Crippen LogP contribution in [-0.2, 0) is 4.79 Å². The number of carbonyl (C=O) groups excluding carboxylic acids is 1. The summed E-state index contributed by atoms with van der Waals surface area (Å²) in [6.07, 6.45) is 10.3. The molecule has 3 heteroatoms. The highest BCUT2D eigenvalue weighted by atomic mass is 79.9. The van der Waals surface area contributed by atoms with E-state index in [4.69, 9.17) is 0 Å². The number of piperidine rings is 1. The summed E-state index contributed by atoms with van der Waals surface area (Å²) < 4.78 is 0. The number of nitrogens with zero attached hydrogens (tertiary/aromatic N) is 1. The number of likely N-dealkylation sites (tertiary alicyclic amines) is 1. The lowest BCUT2D eigenvalue weighted by atomic mass is 9.49. The van der Waals surface area contributed by atoms with E-state index < -0.39 is 0 Å². The van der Waals surface area contributed by atoms with E-state index >= 15 is 0 Å². The van der Waals surface area contributed by atoms with E-state index in [-0.39, 0.29) is 5.41 Å². The third-order valence-electron chi connectivity index (χ3n) is 6.14. The highest BCUT2D eigenvalue weighted by Gasteiger charge is 2.55. The normalized spacial score (nSPS) is 48.6. The number of hydrogen-bond donors (Lipinski definition) is 0. The van der Waals surface area contributed by atoms with Crippen LogP contribution in [-0.4, -0.2) is 28.7 Å². The van der Waals surface area contributed by atoms with Crippen molar-refractivity contribution in [3.05, 3.63) is 0 Å². The van der Waals surface area contributed by atoms with Crippen molar-refractivity contribution in [3.8, 4) is 0 Å². The average molecular weight is 326 g/mol. The summed E-state index contributed by atoms with van der Waals surface area (Å²) in [6, 6.07) is 0. The molecule has 5 rings (SSSR count). The van der Waals surface area contributed by atoms with Crippen molar-refractivity contribution in [3.63, 3.8) is 0 Å². The molecule has 19 heavy (non-hydrogen) atoms. The summed E-state index contributed by atoms with van der Waals surface area (Å²) in [5, 5.41) is 0. The van der Waals surface area contributed by atoms with Crippen LogP contribution in [0.5, 0.6) is 0 Å². The molecule has 0 N–H and O–H groups in total. The summed E-state index contributed by atoms with van der Waals surface area (Å²) in [6.45, 7) is 1.95. The largest absolute Gasteiger partial charge is 0.341 e. The molecule has 0 spiro atoms. The Hall–Kier alpha value is -0.0500. The summed E-state index contributed by atoms with van der Waals surface area (Å²) in [5.41, 5.74) is 0.0683. The monoisotopic (exact) mass is 325 g/mol. The first-order chi connectivity index (χ1) is 9.14. The molecule has 4 aliphatic carbocycles. The standard InChI is InChI=1S/C16H24BrNO/c17-14-2-1-3-18(10-14)15(19)16-7-11-4-12(8-16)6-13(5-11)9-16/h11-14H,1-10H2. The highest BCUT2D eigenvalue weighted by molar-refractivity contribution is 9.09. The van der Waals surface area contributed by atoms with E-state index in [1.807, 2.05) is 0 Å². The molecule has 0 aromatic rings. The Balaban J connectivity index is 1.56. The molecule has 0 aromatic heterocycles. The minimum absolute atomic E-state index is 0.0683. The van der Waals surface area contributed by atoms with Gasteiger partial charge in [0.2, 0.25) is 5.91 Å². The first-order valence-corrected chi connectivity index (χ1v) is 9.00. The number of halogens is 1. The van der Waals surface area contributed by atoms with Crippen LogP contribution in [0.15, 0.2) is 0 Å². The van der Waals surface area contributed by atoms with E-state index in [0.29, 0.717) is 10.7 Å². The summed E-state index contributed by atoms with van der Waals surface area (Å²) >= 11 is 3.71. The molecule has 106 valence electrons. The van der Waals surface area contributed by atoms with E-state index in [9.17, 15) is 4.79 Å². The van der Waals surface area contributed by atoms with Gasteiger partial charge in [-0.2, -0.15) is 0 Å². The van der Waals surface area contributed by atoms with Crippen molar-refractivity contribution in [1.29, 1.82) is 0 Å². The quantitative estimate of drug-likeness (QED) is 0.675. The predicted molar refractivity (Wildman–Crippen MR) is 79.1 cm³/mol. The molecule has 1 saturated heterocycles. The number of hydrogen-bond acceptors (Lipinski definition) is 1. The molecule has 1 amide bonds. The van der Waals surface area contributed by atoms with Gasteiger partial charge in [0.15, 0.2) is 0 Å². The van der Waals surface area contributed by atoms with Crippen LogP contribution in [0.25, 0.3) is 0 Å². The Labute approximate surface area is 124 Å². The van der Waals surface area contributed by atoms with Crippen LogP contribution in [0.1, 0.15) is 51.4 Å². The predicted octanol–water partition coefficient (Wildman–Crippen LogP) is 3.59. The zero-order valence-electron chi connectivity index (χ0n) is 11.6. The fraction of sp³-hybridized carbons (Fsp3) is 0.938. The van der Waals surface area contributed by atoms with Gasteiger partial charge < -0.3 is 4.90 Å². The first-order valence-electron chi connectivity index (χ1n) is 8.08. The van der Waals surface area contributed by atoms with Gasteiger partial charge in [0.05, 0.1) is 5.41 Å². The van der Waals surface area contributed by atoms with Crippen LogP contribution in [0.3, 0.4) is 0 Å². The van der Waals surface area contributed by atoms with Crippen molar-refractivity contribution in [2.75, 3.05) is 13.1 Å². The van der Waals surface area contributed by atoms with E-state index in [1.54, 1.807) is 0 Å². The maximum Gasteiger partial charge on any atom is 0.228 e. The van der Waals surface area contributed by atoms with Crippen molar-refractivity contribution >= 4 is 21.8 Å². The highest BCUT2D eigenvalue weighted by Crippen LogP contribution is 2.60. The van der Waals surface area contributed by atoms with Gasteiger partial charge in [0.25, 0.3) is 0 Å². The lowest BCUT2D eigenvalue weighted by molar-refractivity contribution is -0.158. The minimum Gasteiger partial charge on any atom is -0.341 e. The SMILES string of the molecule is O=C(N1CCCC(Br)C1)C12CC3CC(CC(C3)C1)C2. The maximum absolute atomic E-state index is 13.1. The molecule has 2 nitrogen and oxygen atoms in total. The second kappa shape index (κ2) is 4.47. The molecule has 1 heterocycles. The zero-order valence-corrected chi connectivity index (χ0v) is 13.2. The van der Waals surface area contributed by atoms with E-state index in [0.717, 1.165) is 30.8 Å². The van der Waals surface area contributed by atoms with Crippen LogP contribution in [0.4, 0.5) is 0 Å². The molecule has 5 fully saturated rings. The van der Waals surface area contributed by atoms with Crippen LogP contribution in [0.2, 0.25) is 0 Å². The second-order valence-corrected chi connectivity index (χ2v) is 8.98. The lowest BCUT2D eigenvalue weighted by Crippen LogP contribution is -2.56. The molecule has 4 bridgehead atoms. The maximum atomic E-state index is 13.1. The smallest absolute Gasteiger partial charge is 0.228 e. The molecule has 5 aliphatic rings. The molecule has 1 unspecified atom stereocenters. The molecule has 1 atom stereocenters. The van der Waals surface area contributed by atoms with Gasteiger partial charge in [-0.3, -0.25) is 4.79 Å². The van der Waals surface area contributed by atoms with Gasteiger partial charge >= 0.3 is 0 Å². The zero-order chi connectivity index (χ0) is 13.0. The fourth-order valence-electron chi connectivity index (χ4n) is 5.82. The van der Waals surface area contributed by atoms with E-state index in [2.05, 4.69) is 20.8 Å². The first kappa shape index (κ1) is 12.7. The van der Waals surface area contributed by atoms with Crippen LogP contribution in [0, 0.1) is 23.2 Å². The third kappa shape index (κ3) is 2.07. The van der Waals surface area contributed by atoms with Crippen molar-refractivity contribution in [2.24, 2.45) is 23.2 Å². The molecular weight excluding hydrogens is 302 g/mol. The van der Waals surface area contributed by atoms with Gasteiger partial charge in [-0.1, -0.05) is 15.9 Å². The summed E-state index contributed by atoms with van der Waals surface area (Å²) in [7, 11) is 0. The van der Waals surface area contributed by atoms with Crippen LogP contribution < -0.4 is 0 Å². The molecule has 4 saturated carbocycles. The number of carbonyl (C=O) groups is 1. The van der Waals surface area contributed by atoms with Gasteiger partial charge in [0, 0.05) is 17.9 Å². The second-order valence-electron chi connectivity index (χ2n) is 7.69. The average Bonchev–Trinajstić information content (AvgIpc) is 2.36. The molecule has 1 aliphatic heterocycles. The Kier molecular flexibility index (Phi) is 2.98. The Morgan fingerprint density at radius 2 is 1.63 bits per heavy atom. The fourth-order valence-corrected chi connectivity index (χ4v) is 6.49. The number of rotatable bonds is 1. The summed E-state index contributed by atoms with van der Waals surface area (Å²) in [4.78, 5) is 15.8. The molecule has 0 radical (unpaired) electrons. The van der Waals surface area contributed by atoms with Crippen molar-refractivity contribution < 1.29 is 4.79 Å².